The van der Waals surface area contributed by atoms with E-state index in [2.05, 4.69) is 10.6 Å². The number of amides is 1. The van der Waals surface area contributed by atoms with Crippen molar-refractivity contribution in [1.82, 2.24) is 10.6 Å². The number of hydrogen-bond acceptors (Lipinski definition) is 5. The first-order valence-electron chi connectivity index (χ1n) is 7.49. The lowest BCUT2D eigenvalue weighted by Gasteiger charge is -2.22. The standard InChI is InChI=1S/C16H24N2O4/c1-20-13-8-11(9-14(21-2)15(13)22-3)10-18-16(19)12-6-4-5-7-17-12/h8-9,12,17H,4-7,10H2,1-3H3,(H,18,19)/t12-/m0/s1. The molecule has 1 atom stereocenters. The highest BCUT2D eigenvalue weighted by Crippen LogP contribution is 2.38. The predicted molar refractivity (Wildman–Crippen MR) is 83.6 cm³/mol. The van der Waals surface area contributed by atoms with Gasteiger partial charge in [0.15, 0.2) is 11.5 Å². The van der Waals surface area contributed by atoms with Gasteiger partial charge in [0.25, 0.3) is 0 Å². The summed E-state index contributed by atoms with van der Waals surface area (Å²) in [5.74, 6) is 1.76. The Morgan fingerprint density at radius 2 is 1.86 bits per heavy atom. The van der Waals surface area contributed by atoms with E-state index >= 15 is 0 Å². The third kappa shape index (κ3) is 3.82. The molecule has 1 aromatic carbocycles. The van der Waals surface area contributed by atoms with E-state index in [1.54, 1.807) is 21.3 Å². The molecule has 2 N–H and O–H groups in total. The molecular weight excluding hydrogens is 284 g/mol. The van der Waals surface area contributed by atoms with Crippen LogP contribution in [-0.4, -0.2) is 39.8 Å². The van der Waals surface area contributed by atoms with Gasteiger partial charge in [-0.25, -0.2) is 0 Å². The zero-order valence-corrected chi connectivity index (χ0v) is 13.4. The van der Waals surface area contributed by atoms with E-state index < -0.39 is 0 Å². The number of piperidine rings is 1. The second kappa shape index (κ2) is 7.89. The lowest BCUT2D eigenvalue weighted by atomic mass is 10.0. The minimum absolute atomic E-state index is 0.0356. The Hall–Kier alpha value is -1.95. The maximum atomic E-state index is 12.1. The van der Waals surface area contributed by atoms with Gasteiger partial charge in [0.2, 0.25) is 11.7 Å². The van der Waals surface area contributed by atoms with Crippen molar-refractivity contribution in [3.63, 3.8) is 0 Å². The van der Waals surface area contributed by atoms with E-state index in [9.17, 15) is 4.79 Å². The molecule has 6 nitrogen and oxygen atoms in total. The maximum absolute atomic E-state index is 12.1. The Bertz CT molecular complexity index is 488. The summed E-state index contributed by atoms with van der Waals surface area (Å²) in [5.41, 5.74) is 0.902. The van der Waals surface area contributed by atoms with Gasteiger partial charge >= 0.3 is 0 Å². The number of nitrogens with one attached hydrogen (secondary N) is 2. The zero-order chi connectivity index (χ0) is 15.9. The maximum Gasteiger partial charge on any atom is 0.237 e. The highest BCUT2D eigenvalue weighted by Gasteiger charge is 2.20. The molecule has 1 amide bonds. The number of carbonyl (C=O) groups is 1. The van der Waals surface area contributed by atoms with Crippen LogP contribution in [0.25, 0.3) is 0 Å². The normalized spacial score (nSPS) is 17.7. The van der Waals surface area contributed by atoms with E-state index in [4.69, 9.17) is 14.2 Å². The fraction of sp³-hybridized carbons (Fsp3) is 0.562. The molecule has 0 aliphatic carbocycles. The molecule has 1 heterocycles. The molecule has 0 saturated carbocycles. The molecular formula is C16H24N2O4. The SMILES string of the molecule is COc1cc(CNC(=O)[C@@H]2CCCCN2)cc(OC)c1OC. The molecule has 0 radical (unpaired) electrons. The van der Waals surface area contributed by atoms with Gasteiger partial charge in [-0.2, -0.15) is 0 Å². The van der Waals surface area contributed by atoms with E-state index in [-0.39, 0.29) is 11.9 Å². The van der Waals surface area contributed by atoms with Crippen LogP contribution in [0.1, 0.15) is 24.8 Å². The smallest absolute Gasteiger partial charge is 0.237 e. The second-order valence-electron chi connectivity index (χ2n) is 5.25. The number of ether oxygens (including phenoxy) is 3. The fourth-order valence-electron chi connectivity index (χ4n) is 2.63. The van der Waals surface area contributed by atoms with Crippen molar-refractivity contribution < 1.29 is 19.0 Å². The van der Waals surface area contributed by atoms with Gasteiger partial charge in [-0.15, -0.1) is 0 Å². The lowest BCUT2D eigenvalue weighted by molar-refractivity contribution is -0.123. The van der Waals surface area contributed by atoms with Gasteiger partial charge in [0.05, 0.1) is 27.4 Å². The third-order valence-electron chi connectivity index (χ3n) is 3.82. The molecule has 0 unspecified atom stereocenters. The van der Waals surface area contributed by atoms with Crippen molar-refractivity contribution in [1.29, 1.82) is 0 Å². The Morgan fingerprint density at radius 3 is 2.36 bits per heavy atom. The van der Waals surface area contributed by atoms with Crippen LogP contribution in [0.3, 0.4) is 0 Å². The molecule has 1 aliphatic heterocycles. The van der Waals surface area contributed by atoms with E-state index in [1.807, 2.05) is 12.1 Å². The lowest BCUT2D eigenvalue weighted by Crippen LogP contribution is -2.46. The largest absolute Gasteiger partial charge is 0.493 e. The minimum atomic E-state index is -0.0872. The first-order valence-corrected chi connectivity index (χ1v) is 7.49. The predicted octanol–water partition coefficient (Wildman–Crippen LogP) is 1.47. The summed E-state index contributed by atoms with van der Waals surface area (Å²) < 4.78 is 15.9. The van der Waals surface area contributed by atoms with E-state index in [1.165, 1.54) is 0 Å². The van der Waals surface area contributed by atoms with Crippen LogP contribution >= 0.6 is 0 Å². The van der Waals surface area contributed by atoms with E-state index in [0.29, 0.717) is 23.8 Å². The molecule has 1 aromatic rings. The van der Waals surface area contributed by atoms with Crippen molar-refractivity contribution >= 4 is 5.91 Å². The van der Waals surface area contributed by atoms with Gasteiger partial charge in [-0.1, -0.05) is 6.42 Å². The number of benzene rings is 1. The summed E-state index contributed by atoms with van der Waals surface area (Å²) in [5, 5.41) is 6.19. The number of hydrogen-bond donors (Lipinski definition) is 2. The van der Waals surface area contributed by atoms with Crippen molar-refractivity contribution in [2.45, 2.75) is 31.8 Å². The zero-order valence-electron chi connectivity index (χ0n) is 13.4. The van der Waals surface area contributed by atoms with Crippen molar-refractivity contribution in [3.8, 4) is 17.2 Å². The number of rotatable bonds is 6. The molecule has 0 aromatic heterocycles. The van der Waals surface area contributed by atoms with Crippen LogP contribution in [0, 0.1) is 0 Å². The molecule has 22 heavy (non-hydrogen) atoms. The summed E-state index contributed by atoms with van der Waals surface area (Å²) in [6, 6.07) is 3.60. The molecule has 0 spiro atoms. The monoisotopic (exact) mass is 308 g/mol. The van der Waals surface area contributed by atoms with Crippen LogP contribution in [0.15, 0.2) is 12.1 Å². The Kier molecular flexibility index (Phi) is 5.89. The third-order valence-corrected chi connectivity index (χ3v) is 3.82. The Balaban J connectivity index is 2.04. The Morgan fingerprint density at radius 1 is 1.18 bits per heavy atom. The number of carbonyl (C=O) groups excluding carboxylic acids is 1. The summed E-state index contributed by atoms with van der Waals surface area (Å²) in [4.78, 5) is 12.1. The van der Waals surface area contributed by atoms with Crippen LogP contribution < -0.4 is 24.8 Å². The van der Waals surface area contributed by atoms with Crippen molar-refractivity contribution in [2.24, 2.45) is 0 Å². The average Bonchev–Trinajstić information content (AvgIpc) is 2.59. The van der Waals surface area contributed by atoms with Gasteiger partial charge < -0.3 is 24.8 Å². The Labute approximate surface area is 131 Å². The number of methoxy groups -OCH3 is 3. The highest BCUT2D eigenvalue weighted by molar-refractivity contribution is 5.81. The first-order chi connectivity index (χ1) is 10.7. The van der Waals surface area contributed by atoms with Crippen molar-refractivity contribution in [2.75, 3.05) is 27.9 Å². The molecule has 122 valence electrons. The van der Waals surface area contributed by atoms with Crippen LogP contribution in [-0.2, 0) is 11.3 Å². The van der Waals surface area contributed by atoms with Crippen LogP contribution in [0.4, 0.5) is 0 Å². The summed E-state index contributed by atoms with van der Waals surface area (Å²) >= 11 is 0. The molecule has 0 bridgehead atoms. The molecule has 2 rings (SSSR count). The summed E-state index contributed by atoms with van der Waals surface area (Å²) in [6.07, 6.45) is 3.12. The minimum Gasteiger partial charge on any atom is -0.493 e. The molecule has 1 saturated heterocycles. The first kappa shape index (κ1) is 16.4. The summed E-state index contributed by atoms with van der Waals surface area (Å²) in [6.45, 7) is 1.33. The summed E-state index contributed by atoms with van der Waals surface area (Å²) in [7, 11) is 4.72. The second-order valence-corrected chi connectivity index (χ2v) is 5.25. The van der Waals surface area contributed by atoms with Crippen LogP contribution in [0.5, 0.6) is 17.2 Å². The molecule has 1 aliphatic rings. The molecule has 1 fully saturated rings. The van der Waals surface area contributed by atoms with Gasteiger partial charge in [0, 0.05) is 6.54 Å². The van der Waals surface area contributed by atoms with Crippen molar-refractivity contribution in [3.05, 3.63) is 17.7 Å². The van der Waals surface area contributed by atoms with Gasteiger partial charge in [-0.05, 0) is 37.1 Å². The quantitative estimate of drug-likeness (QED) is 0.833. The topological polar surface area (TPSA) is 68.8 Å². The van der Waals surface area contributed by atoms with Crippen LogP contribution in [0.2, 0.25) is 0 Å². The average molecular weight is 308 g/mol. The van der Waals surface area contributed by atoms with Gasteiger partial charge in [0.1, 0.15) is 0 Å². The molecule has 6 heteroatoms. The van der Waals surface area contributed by atoms with E-state index in [0.717, 1.165) is 31.4 Å². The van der Waals surface area contributed by atoms with Gasteiger partial charge in [-0.3, -0.25) is 4.79 Å². The highest BCUT2D eigenvalue weighted by atomic mass is 16.5. The fourth-order valence-corrected chi connectivity index (χ4v) is 2.63.